The van der Waals surface area contributed by atoms with Gasteiger partial charge in [-0.2, -0.15) is 28.7 Å². The number of aryl methyl sites for hydroxylation is 1. The molecule has 0 spiro atoms. The second kappa shape index (κ2) is 11.5. The molecule has 0 aliphatic heterocycles. The van der Waals surface area contributed by atoms with E-state index in [9.17, 15) is 13.2 Å². The zero-order chi connectivity index (χ0) is 18.2. The summed E-state index contributed by atoms with van der Waals surface area (Å²) in [5.41, 5.74) is 8.76. The molecule has 0 aliphatic rings. The number of allylic oxidation sites excluding steroid dienone is 1. The first-order chi connectivity index (χ1) is 10.5. The summed E-state index contributed by atoms with van der Waals surface area (Å²) in [6, 6.07) is 7.52. The molecule has 24 heavy (non-hydrogen) atoms. The molecule has 8 heteroatoms. The molecule has 0 aliphatic carbocycles. The van der Waals surface area contributed by atoms with Crippen molar-refractivity contribution in [3.63, 3.8) is 0 Å². The molecule has 0 atom stereocenters. The number of amides is 1. The fourth-order valence-corrected chi connectivity index (χ4v) is 2.33. The van der Waals surface area contributed by atoms with Crippen molar-refractivity contribution in [2.24, 2.45) is 4.40 Å². The minimum Gasteiger partial charge on any atom is -0.664 e. The summed E-state index contributed by atoms with van der Waals surface area (Å²) in [5, 5.41) is 0. The summed E-state index contributed by atoms with van der Waals surface area (Å²) >= 11 is 0. The predicted octanol–water partition coefficient (Wildman–Crippen LogP) is 2.99. The molecular weight excluding hydrogens is 403 g/mol. The Labute approximate surface area is 170 Å². The molecule has 1 amide bonds. The Balaban J connectivity index is 0. The zero-order valence-corrected chi connectivity index (χ0v) is 18.6. The molecule has 1 aromatic rings. The van der Waals surface area contributed by atoms with Crippen LogP contribution in [0.2, 0.25) is 0 Å². The number of carbonyl (C=O) groups is 1. The summed E-state index contributed by atoms with van der Waals surface area (Å²) in [5.74, 6) is -0.579. The number of nitrogens with one attached hydrogen (secondary N) is 1. The third-order valence-electron chi connectivity index (χ3n) is 2.82. The summed E-state index contributed by atoms with van der Waals surface area (Å²) in [6.45, 7) is 7.03. The summed E-state index contributed by atoms with van der Waals surface area (Å²) < 4.78 is 27.0. The topological polar surface area (TPSA) is 90.6 Å². The first-order valence-electron chi connectivity index (χ1n) is 6.82. The second-order valence-corrected chi connectivity index (χ2v) is 6.91. The van der Waals surface area contributed by atoms with E-state index in [0.717, 1.165) is 5.57 Å². The smallest absolute Gasteiger partial charge is 0.237 e. The van der Waals surface area contributed by atoms with E-state index in [1.165, 1.54) is 12.4 Å². The number of carbonyl (C=O) groups excluding carboxylic acids is 1. The average Bonchev–Trinajstić information content (AvgIpc) is 2.45. The first kappa shape index (κ1) is 25.2. The Bertz CT molecular complexity index is 707. The van der Waals surface area contributed by atoms with Crippen molar-refractivity contribution >= 4 is 22.3 Å². The maximum atomic E-state index is 11.7. The van der Waals surface area contributed by atoms with Crippen molar-refractivity contribution in [3.05, 3.63) is 46.7 Å². The van der Waals surface area contributed by atoms with E-state index in [1.54, 1.807) is 45.0 Å². The number of benzene rings is 1. The number of hydrogen-bond donors (Lipinski definition) is 0. The summed E-state index contributed by atoms with van der Waals surface area (Å²) in [4.78, 5) is 12.0. The van der Waals surface area contributed by atoms with Gasteiger partial charge in [-0.05, 0) is 31.2 Å². The molecule has 131 valence electrons. The molecule has 0 saturated heterocycles. The Morgan fingerprint density at radius 3 is 2.17 bits per heavy atom. The van der Waals surface area contributed by atoms with Gasteiger partial charge in [0.25, 0.3) is 0 Å². The van der Waals surface area contributed by atoms with Crippen molar-refractivity contribution in [2.75, 3.05) is 14.1 Å². The third-order valence-corrected chi connectivity index (χ3v) is 4.19. The molecular formula is C16H23N3O3SY-2. The number of hydrogen-bond acceptors (Lipinski definition) is 3. The molecule has 1 radical (unpaired) electrons. The number of sulfonamides is 1. The van der Waals surface area contributed by atoms with Gasteiger partial charge >= 0.3 is 0 Å². The van der Waals surface area contributed by atoms with E-state index < -0.39 is 15.9 Å². The van der Waals surface area contributed by atoms with E-state index in [-0.39, 0.29) is 37.6 Å². The van der Waals surface area contributed by atoms with Crippen LogP contribution in [0, 0.1) is 13.0 Å². The normalized spacial score (nSPS) is 10.2. The fourth-order valence-electron chi connectivity index (χ4n) is 1.21. The van der Waals surface area contributed by atoms with Crippen molar-refractivity contribution in [3.8, 4) is 0 Å². The van der Waals surface area contributed by atoms with Crippen LogP contribution in [0.4, 0.5) is 0 Å². The fraction of sp³-hybridized carbons (Fsp3) is 0.375. The Morgan fingerprint density at radius 1 is 1.29 bits per heavy atom. The number of nitrogens with zero attached hydrogens (tertiary/aromatic N) is 2. The summed E-state index contributed by atoms with van der Waals surface area (Å²) in [6.07, 6.45) is 1.27. The van der Waals surface area contributed by atoms with Crippen LogP contribution in [0.1, 0.15) is 26.3 Å². The molecule has 1 aromatic carbocycles. The Hall–Kier alpha value is -1.05. The van der Waals surface area contributed by atoms with Crippen LogP contribution >= 0.6 is 0 Å². The molecule has 0 heterocycles. The van der Waals surface area contributed by atoms with Crippen LogP contribution in [0.15, 0.2) is 38.6 Å². The Morgan fingerprint density at radius 2 is 1.83 bits per heavy atom. The van der Waals surface area contributed by atoms with Gasteiger partial charge in [-0.15, -0.1) is 5.56 Å². The van der Waals surface area contributed by atoms with Gasteiger partial charge in [0.1, 0.15) is 6.34 Å². The van der Waals surface area contributed by atoms with Gasteiger partial charge in [0.2, 0.25) is 10.0 Å². The maximum Gasteiger partial charge on any atom is 0.237 e. The van der Waals surface area contributed by atoms with Crippen molar-refractivity contribution in [1.82, 2.24) is 4.90 Å². The molecule has 0 saturated carbocycles. The van der Waals surface area contributed by atoms with Crippen molar-refractivity contribution in [1.29, 1.82) is 0 Å². The molecule has 0 bridgehead atoms. The molecule has 1 N–H and O–H groups in total. The second-order valence-electron chi connectivity index (χ2n) is 5.31. The predicted molar refractivity (Wildman–Crippen MR) is 92.8 cm³/mol. The molecule has 0 fully saturated rings. The average molecular weight is 426 g/mol. The first-order valence-corrected chi connectivity index (χ1v) is 8.26. The molecule has 0 aromatic heterocycles. The maximum absolute atomic E-state index is 11.7. The molecule has 1 rings (SSSR count). The molecule has 0 unspecified atom stereocenters. The van der Waals surface area contributed by atoms with Crippen molar-refractivity contribution in [2.45, 2.75) is 32.6 Å². The van der Waals surface area contributed by atoms with E-state index in [2.05, 4.69) is 10.5 Å². The van der Waals surface area contributed by atoms with Crippen LogP contribution in [0.25, 0.3) is 5.73 Å². The Kier molecular flexibility index (Phi) is 12.1. The summed E-state index contributed by atoms with van der Waals surface area (Å²) in [7, 11) is -0.167. The van der Waals surface area contributed by atoms with Gasteiger partial charge in [-0.25, -0.2) is 8.42 Å². The SMILES string of the molecule is CC(C)=C(C)C([NH-])=O.Cc1cc[c-]cc1S(=O)(=O)N=CN(C)C.[Y]. The third kappa shape index (κ3) is 9.30. The standard InChI is InChI=1S/C10H13N2O2S.C6H11NO.Y/c1-9-6-4-5-7-10(9)15(13,14)11-8-12(2)3;1-4(2)5(3)6(7)8;/h4,6-8H,1-3H3;1-3H3,(H2,7,8);/q-1;;/p-1. The zero-order valence-electron chi connectivity index (χ0n) is 14.9. The largest absolute Gasteiger partial charge is 0.664 e. The van der Waals surface area contributed by atoms with Gasteiger partial charge in [0.05, 0.1) is 5.91 Å². The van der Waals surface area contributed by atoms with Gasteiger partial charge in [-0.1, -0.05) is 12.5 Å². The van der Waals surface area contributed by atoms with E-state index in [1.807, 2.05) is 13.8 Å². The van der Waals surface area contributed by atoms with Crippen LogP contribution in [-0.4, -0.2) is 39.7 Å². The monoisotopic (exact) mass is 426 g/mol. The minimum absolute atomic E-state index is 0. The van der Waals surface area contributed by atoms with E-state index in [0.29, 0.717) is 11.1 Å². The van der Waals surface area contributed by atoms with Crippen LogP contribution in [0.3, 0.4) is 0 Å². The van der Waals surface area contributed by atoms with Crippen LogP contribution < -0.4 is 0 Å². The van der Waals surface area contributed by atoms with Gasteiger partial charge in [-0.3, -0.25) is 0 Å². The van der Waals surface area contributed by atoms with Crippen molar-refractivity contribution < 1.29 is 45.9 Å². The van der Waals surface area contributed by atoms with E-state index in [4.69, 9.17) is 5.73 Å². The van der Waals surface area contributed by atoms with Crippen LogP contribution in [0.5, 0.6) is 0 Å². The van der Waals surface area contributed by atoms with Gasteiger partial charge in [0, 0.05) is 46.8 Å². The van der Waals surface area contributed by atoms with Crippen LogP contribution in [-0.2, 0) is 47.5 Å². The van der Waals surface area contributed by atoms with Gasteiger partial charge < -0.3 is 15.4 Å². The van der Waals surface area contributed by atoms with Gasteiger partial charge in [0.15, 0.2) is 0 Å². The molecule has 6 nitrogen and oxygen atoms in total. The van der Waals surface area contributed by atoms with E-state index >= 15 is 0 Å². The quantitative estimate of drug-likeness (QED) is 0.320. The minimum atomic E-state index is -3.59. The number of rotatable bonds is 4.